The molecule has 0 saturated carbocycles. The van der Waals surface area contributed by atoms with Gasteiger partial charge in [-0.2, -0.15) is 0 Å². The zero-order valence-corrected chi connectivity index (χ0v) is 16.7. The van der Waals surface area contributed by atoms with Gasteiger partial charge in [-0.15, -0.1) is 0 Å². The minimum Gasteiger partial charge on any atom is -0.381 e. The van der Waals surface area contributed by atoms with Crippen molar-refractivity contribution in [2.24, 2.45) is 5.92 Å². The predicted octanol–water partition coefficient (Wildman–Crippen LogP) is 0.389. The van der Waals surface area contributed by atoms with Gasteiger partial charge in [0.1, 0.15) is 0 Å². The van der Waals surface area contributed by atoms with Crippen LogP contribution in [0.25, 0.3) is 0 Å². The molecule has 0 aromatic carbocycles. The van der Waals surface area contributed by atoms with Crippen LogP contribution in [0, 0.1) is 5.92 Å². The maximum Gasteiger partial charge on any atom is 0.266 e. The van der Waals surface area contributed by atoms with Crippen LogP contribution in [0.2, 0.25) is 0 Å². The molecule has 2 saturated heterocycles. The highest BCUT2D eigenvalue weighted by atomic mass is 32.2. The smallest absolute Gasteiger partial charge is 0.266 e. The van der Waals surface area contributed by atoms with Crippen molar-refractivity contribution in [2.75, 3.05) is 33.4 Å². The topological polar surface area (TPSA) is 125 Å². The molecule has 0 radical (unpaired) electrons. The van der Waals surface area contributed by atoms with E-state index in [9.17, 15) is 18.0 Å². The van der Waals surface area contributed by atoms with Crippen molar-refractivity contribution in [1.82, 2.24) is 15.1 Å². The standard InChI is InChI=1S/C17H31N3O6S/c1-18-15(21)5-3-2-4-14-6-10-20(11-7-14)27(24,25)17(16(22)19-23)8-12-26-13-9-17/h14,23H,2-13H2,1H3,(H,18,21)(H,19,22). The van der Waals surface area contributed by atoms with Crippen LogP contribution in [0.3, 0.4) is 0 Å². The van der Waals surface area contributed by atoms with Gasteiger partial charge in [0.05, 0.1) is 0 Å². The Balaban J connectivity index is 1.91. The van der Waals surface area contributed by atoms with Gasteiger partial charge in [0.25, 0.3) is 5.91 Å². The first kappa shape index (κ1) is 22.1. The van der Waals surface area contributed by atoms with E-state index in [1.807, 2.05) is 0 Å². The van der Waals surface area contributed by atoms with E-state index < -0.39 is 20.7 Å². The fourth-order valence-corrected chi connectivity index (χ4v) is 6.08. The number of sulfonamides is 1. The minimum absolute atomic E-state index is 0.0415. The first-order valence-electron chi connectivity index (χ1n) is 9.60. The molecule has 2 rings (SSSR count). The molecule has 0 aromatic rings. The summed E-state index contributed by atoms with van der Waals surface area (Å²) in [6.07, 6.45) is 4.84. The Bertz CT molecular complexity index is 610. The Morgan fingerprint density at radius 2 is 1.81 bits per heavy atom. The molecular formula is C17H31N3O6S. The van der Waals surface area contributed by atoms with E-state index in [-0.39, 0.29) is 32.0 Å². The molecule has 27 heavy (non-hydrogen) atoms. The van der Waals surface area contributed by atoms with Gasteiger partial charge in [-0.1, -0.05) is 12.8 Å². The molecule has 0 bridgehead atoms. The molecule has 0 aromatic heterocycles. The van der Waals surface area contributed by atoms with Crippen LogP contribution in [0.5, 0.6) is 0 Å². The highest BCUT2D eigenvalue weighted by molar-refractivity contribution is 7.91. The number of piperidine rings is 1. The quantitative estimate of drug-likeness (QED) is 0.305. The Kier molecular flexibility index (Phi) is 8.02. The number of carbonyl (C=O) groups is 2. The van der Waals surface area contributed by atoms with Crippen LogP contribution in [-0.2, 0) is 24.3 Å². The van der Waals surface area contributed by atoms with Crippen LogP contribution in [0.1, 0.15) is 51.4 Å². The van der Waals surface area contributed by atoms with Gasteiger partial charge >= 0.3 is 0 Å². The molecular weight excluding hydrogens is 374 g/mol. The molecule has 0 spiro atoms. The highest BCUT2D eigenvalue weighted by Crippen LogP contribution is 2.35. The van der Waals surface area contributed by atoms with Gasteiger partial charge in [0.15, 0.2) is 4.75 Å². The van der Waals surface area contributed by atoms with Crippen molar-refractivity contribution >= 4 is 21.8 Å². The molecule has 156 valence electrons. The van der Waals surface area contributed by atoms with Gasteiger partial charge < -0.3 is 10.1 Å². The van der Waals surface area contributed by atoms with Crippen molar-refractivity contribution in [3.8, 4) is 0 Å². The van der Waals surface area contributed by atoms with Gasteiger partial charge in [-0.05, 0) is 25.2 Å². The summed E-state index contributed by atoms with van der Waals surface area (Å²) in [5, 5.41) is 11.7. The molecule has 0 aliphatic carbocycles. The second-order valence-corrected chi connectivity index (χ2v) is 9.56. The molecule has 2 aliphatic rings. The third kappa shape index (κ3) is 4.98. The molecule has 3 N–H and O–H groups in total. The van der Waals surface area contributed by atoms with E-state index in [0.29, 0.717) is 25.4 Å². The fraction of sp³-hybridized carbons (Fsp3) is 0.882. The number of nitrogens with one attached hydrogen (secondary N) is 2. The zero-order valence-electron chi connectivity index (χ0n) is 15.9. The van der Waals surface area contributed by atoms with Gasteiger partial charge in [0.2, 0.25) is 15.9 Å². The van der Waals surface area contributed by atoms with E-state index in [1.165, 1.54) is 4.31 Å². The normalized spacial score (nSPS) is 21.6. The lowest BCUT2D eigenvalue weighted by Gasteiger charge is -2.40. The van der Waals surface area contributed by atoms with Crippen molar-refractivity contribution in [2.45, 2.75) is 56.1 Å². The average molecular weight is 406 g/mol. The number of ether oxygens (including phenoxy) is 1. The van der Waals surface area contributed by atoms with E-state index in [0.717, 1.165) is 32.1 Å². The maximum absolute atomic E-state index is 13.2. The summed E-state index contributed by atoms with van der Waals surface area (Å²) in [6.45, 7) is 1.11. The molecule has 9 nitrogen and oxygen atoms in total. The average Bonchev–Trinajstić information content (AvgIpc) is 2.71. The first-order valence-corrected chi connectivity index (χ1v) is 11.0. The molecule has 0 atom stereocenters. The number of amides is 2. The van der Waals surface area contributed by atoms with Crippen LogP contribution in [0.4, 0.5) is 0 Å². The first-order chi connectivity index (χ1) is 12.9. The third-order valence-corrected chi connectivity index (χ3v) is 8.39. The van der Waals surface area contributed by atoms with Crippen LogP contribution < -0.4 is 10.8 Å². The van der Waals surface area contributed by atoms with Crippen molar-refractivity contribution in [3.63, 3.8) is 0 Å². The second-order valence-electron chi connectivity index (χ2n) is 7.31. The maximum atomic E-state index is 13.2. The van der Waals surface area contributed by atoms with Gasteiger partial charge in [-0.25, -0.2) is 18.2 Å². The summed E-state index contributed by atoms with van der Waals surface area (Å²) in [5.74, 6) is -0.402. The summed E-state index contributed by atoms with van der Waals surface area (Å²) in [7, 11) is -2.27. The highest BCUT2D eigenvalue weighted by Gasteiger charge is 2.54. The predicted molar refractivity (Wildman–Crippen MR) is 98.5 cm³/mol. The zero-order chi connectivity index (χ0) is 19.9. The van der Waals surface area contributed by atoms with Crippen molar-refractivity contribution in [3.05, 3.63) is 0 Å². The number of carbonyl (C=O) groups excluding carboxylic acids is 2. The van der Waals surface area contributed by atoms with Crippen LogP contribution in [-0.4, -0.2) is 67.8 Å². The third-order valence-electron chi connectivity index (χ3n) is 5.77. The largest absolute Gasteiger partial charge is 0.381 e. The molecule has 2 fully saturated rings. The number of rotatable bonds is 8. The summed E-state index contributed by atoms with van der Waals surface area (Å²) in [4.78, 5) is 23.5. The van der Waals surface area contributed by atoms with Gasteiger partial charge in [0, 0.05) is 52.6 Å². The van der Waals surface area contributed by atoms with E-state index >= 15 is 0 Å². The van der Waals surface area contributed by atoms with Crippen LogP contribution >= 0.6 is 0 Å². The summed E-state index contributed by atoms with van der Waals surface area (Å²) >= 11 is 0. The summed E-state index contributed by atoms with van der Waals surface area (Å²) < 4.78 is 31.4. The fourth-order valence-electron chi connectivity index (χ4n) is 3.93. The lowest BCUT2D eigenvalue weighted by Crippen LogP contribution is -2.60. The van der Waals surface area contributed by atoms with Crippen molar-refractivity contribution in [1.29, 1.82) is 0 Å². The van der Waals surface area contributed by atoms with E-state index in [1.54, 1.807) is 12.5 Å². The van der Waals surface area contributed by atoms with Crippen LogP contribution in [0.15, 0.2) is 0 Å². The molecule has 10 heteroatoms. The Morgan fingerprint density at radius 3 is 2.37 bits per heavy atom. The molecule has 0 unspecified atom stereocenters. The Hall–Kier alpha value is -1.23. The lowest BCUT2D eigenvalue weighted by atomic mass is 9.92. The molecule has 2 aliphatic heterocycles. The van der Waals surface area contributed by atoms with E-state index in [4.69, 9.17) is 9.94 Å². The summed E-state index contributed by atoms with van der Waals surface area (Å²) in [5.41, 5.74) is 1.54. The number of hydrogen-bond acceptors (Lipinski definition) is 6. The number of hydroxylamine groups is 1. The van der Waals surface area contributed by atoms with Gasteiger partial charge in [-0.3, -0.25) is 14.8 Å². The Labute approximate surface area is 160 Å². The van der Waals surface area contributed by atoms with Crippen molar-refractivity contribution < 1.29 is 28.0 Å². The molecule has 2 amide bonds. The number of unbranched alkanes of at least 4 members (excludes halogenated alkanes) is 1. The lowest BCUT2D eigenvalue weighted by molar-refractivity contribution is -0.134. The SMILES string of the molecule is CNC(=O)CCCCC1CCN(S(=O)(=O)C2(C(=O)NO)CCOCC2)CC1. The monoisotopic (exact) mass is 405 g/mol. The number of nitrogens with zero attached hydrogens (tertiary/aromatic N) is 1. The number of hydrogen-bond donors (Lipinski definition) is 3. The summed E-state index contributed by atoms with van der Waals surface area (Å²) in [6, 6.07) is 0. The Morgan fingerprint density at radius 1 is 1.19 bits per heavy atom. The second kappa shape index (κ2) is 9.81. The minimum atomic E-state index is -3.89. The van der Waals surface area contributed by atoms with E-state index in [2.05, 4.69) is 5.32 Å². The molecule has 2 heterocycles.